The van der Waals surface area contributed by atoms with E-state index in [9.17, 15) is 4.79 Å². The Labute approximate surface area is 92.4 Å². The van der Waals surface area contributed by atoms with Crippen LogP contribution in [0.15, 0.2) is 30.3 Å². The van der Waals surface area contributed by atoms with Crippen LogP contribution < -0.4 is 16.6 Å². The van der Waals surface area contributed by atoms with Crippen LogP contribution in [0, 0.1) is 0 Å². The molecule has 0 bridgehead atoms. The van der Waals surface area contributed by atoms with Crippen LogP contribution in [0.5, 0.6) is 0 Å². The van der Waals surface area contributed by atoms with Gasteiger partial charge in [-0.1, -0.05) is 24.3 Å². The topological polar surface area (TPSA) is 67.2 Å². The predicted octanol–water partition coefficient (Wildman–Crippen LogP) is 1.37. The van der Waals surface area contributed by atoms with Gasteiger partial charge in [0.25, 0.3) is 0 Å². The second kappa shape index (κ2) is 3.21. The van der Waals surface area contributed by atoms with E-state index >= 15 is 0 Å². The first-order chi connectivity index (χ1) is 7.77. The first kappa shape index (κ1) is 9.18. The van der Waals surface area contributed by atoms with E-state index in [-0.39, 0.29) is 5.91 Å². The van der Waals surface area contributed by atoms with E-state index in [1.54, 1.807) is 0 Å². The summed E-state index contributed by atoms with van der Waals surface area (Å²) in [6, 6.07) is 9.61. The number of nitrogens with one attached hydrogen (secondary N) is 2. The van der Waals surface area contributed by atoms with E-state index in [0.717, 1.165) is 22.0 Å². The number of fused-ring (bicyclic) bond motifs is 3. The van der Waals surface area contributed by atoms with Gasteiger partial charge in [0.1, 0.15) is 0 Å². The van der Waals surface area contributed by atoms with Crippen molar-refractivity contribution in [3.05, 3.63) is 41.5 Å². The van der Waals surface area contributed by atoms with Crippen molar-refractivity contribution in [2.24, 2.45) is 5.73 Å². The highest BCUT2D eigenvalue weighted by atomic mass is 16.1. The predicted molar refractivity (Wildman–Crippen MR) is 62.9 cm³/mol. The Morgan fingerprint density at radius 1 is 1.25 bits per heavy atom. The molecular weight excluding hydrogens is 202 g/mol. The first-order valence-electron chi connectivity index (χ1n) is 5.10. The van der Waals surface area contributed by atoms with Crippen molar-refractivity contribution >= 4 is 22.4 Å². The number of benzene rings is 2. The molecule has 1 aliphatic rings. The van der Waals surface area contributed by atoms with Crippen LogP contribution in [-0.2, 0) is 6.54 Å². The maximum absolute atomic E-state index is 11.4. The summed E-state index contributed by atoms with van der Waals surface area (Å²) in [5.41, 5.74) is 14.2. The number of nitrogens with two attached hydrogens (primary N) is 1. The van der Waals surface area contributed by atoms with Gasteiger partial charge >= 0.3 is 0 Å². The Morgan fingerprint density at radius 2 is 2.00 bits per heavy atom. The van der Waals surface area contributed by atoms with Crippen molar-refractivity contribution in [1.29, 1.82) is 0 Å². The van der Waals surface area contributed by atoms with Gasteiger partial charge in [0, 0.05) is 17.5 Å². The van der Waals surface area contributed by atoms with E-state index in [1.807, 2.05) is 30.3 Å². The normalized spacial score (nSPS) is 13.5. The second-order valence-corrected chi connectivity index (χ2v) is 3.85. The number of carbonyl (C=O) groups is 1. The summed E-state index contributed by atoms with van der Waals surface area (Å²) >= 11 is 0. The van der Waals surface area contributed by atoms with Gasteiger partial charge in [0.15, 0.2) is 0 Å². The number of hydrogen-bond donors (Lipinski definition) is 3. The molecule has 4 nitrogen and oxygen atoms in total. The third-order valence-electron chi connectivity index (χ3n) is 2.88. The number of amides is 1. The molecule has 80 valence electrons. The van der Waals surface area contributed by atoms with E-state index in [0.29, 0.717) is 12.1 Å². The maximum atomic E-state index is 11.4. The van der Waals surface area contributed by atoms with E-state index < -0.39 is 0 Å². The monoisotopic (exact) mass is 213 g/mol. The number of rotatable bonds is 1. The van der Waals surface area contributed by atoms with E-state index in [1.165, 1.54) is 0 Å². The Hall–Kier alpha value is -2.07. The summed E-state index contributed by atoms with van der Waals surface area (Å²) in [5.74, 6) is -0.383. The SMILES string of the molecule is NC(=O)c1cc2c(c3ccccc13)NNC2. The van der Waals surface area contributed by atoms with Crippen LogP contribution in [0.4, 0.5) is 5.69 Å². The average Bonchev–Trinajstić information content (AvgIpc) is 2.75. The van der Waals surface area contributed by atoms with Gasteiger partial charge in [-0.15, -0.1) is 0 Å². The summed E-state index contributed by atoms with van der Waals surface area (Å²) in [5, 5.41) is 1.92. The number of hydrazine groups is 1. The Morgan fingerprint density at radius 3 is 2.75 bits per heavy atom. The molecule has 1 aliphatic heterocycles. The zero-order chi connectivity index (χ0) is 11.1. The summed E-state index contributed by atoms with van der Waals surface area (Å²) < 4.78 is 0. The van der Waals surface area contributed by atoms with Crippen LogP contribution >= 0.6 is 0 Å². The van der Waals surface area contributed by atoms with Crippen LogP contribution in [0.2, 0.25) is 0 Å². The van der Waals surface area contributed by atoms with Crippen LogP contribution in [0.3, 0.4) is 0 Å². The van der Waals surface area contributed by atoms with Crippen LogP contribution in [0.25, 0.3) is 10.8 Å². The van der Waals surface area contributed by atoms with Gasteiger partial charge in [0.2, 0.25) is 5.91 Å². The zero-order valence-electron chi connectivity index (χ0n) is 8.58. The van der Waals surface area contributed by atoms with Crippen molar-refractivity contribution in [1.82, 2.24) is 5.43 Å². The number of carbonyl (C=O) groups excluding carboxylic acids is 1. The van der Waals surface area contributed by atoms with Crippen molar-refractivity contribution in [2.45, 2.75) is 6.54 Å². The minimum absolute atomic E-state index is 0.383. The maximum Gasteiger partial charge on any atom is 0.249 e. The van der Waals surface area contributed by atoms with Crippen LogP contribution in [0.1, 0.15) is 15.9 Å². The molecule has 4 N–H and O–H groups in total. The molecule has 4 heteroatoms. The lowest BCUT2D eigenvalue weighted by Gasteiger charge is -2.08. The van der Waals surface area contributed by atoms with E-state index in [4.69, 9.17) is 5.73 Å². The third kappa shape index (κ3) is 1.17. The minimum atomic E-state index is -0.383. The highest BCUT2D eigenvalue weighted by Gasteiger charge is 2.17. The Kier molecular flexibility index (Phi) is 1.84. The summed E-state index contributed by atoms with van der Waals surface area (Å²) in [6.07, 6.45) is 0. The Balaban J connectivity index is 2.44. The van der Waals surface area contributed by atoms with Gasteiger partial charge in [-0.3, -0.25) is 4.79 Å². The molecule has 0 radical (unpaired) electrons. The molecule has 0 saturated carbocycles. The first-order valence-corrected chi connectivity index (χ1v) is 5.10. The van der Waals surface area contributed by atoms with E-state index in [2.05, 4.69) is 10.9 Å². The molecule has 1 amide bonds. The summed E-state index contributed by atoms with van der Waals surface area (Å²) in [4.78, 5) is 11.4. The molecular formula is C12H11N3O. The minimum Gasteiger partial charge on any atom is -0.366 e. The Bertz CT molecular complexity index is 592. The van der Waals surface area contributed by atoms with Gasteiger partial charge in [-0.25, -0.2) is 5.43 Å². The molecule has 2 aromatic carbocycles. The molecule has 0 aliphatic carbocycles. The lowest BCUT2D eigenvalue weighted by molar-refractivity contribution is 0.100. The molecule has 0 atom stereocenters. The molecule has 16 heavy (non-hydrogen) atoms. The lowest BCUT2D eigenvalue weighted by atomic mass is 9.99. The molecule has 0 unspecified atom stereocenters. The largest absolute Gasteiger partial charge is 0.366 e. The molecule has 0 fully saturated rings. The van der Waals surface area contributed by atoms with Crippen molar-refractivity contribution < 1.29 is 4.79 Å². The second-order valence-electron chi connectivity index (χ2n) is 3.85. The summed E-state index contributed by atoms with van der Waals surface area (Å²) in [7, 11) is 0. The zero-order valence-corrected chi connectivity index (χ0v) is 8.58. The number of hydrogen-bond acceptors (Lipinski definition) is 3. The van der Waals surface area contributed by atoms with Crippen LogP contribution in [-0.4, -0.2) is 5.91 Å². The fourth-order valence-corrected chi connectivity index (χ4v) is 2.15. The van der Waals surface area contributed by atoms with Gasteiger partial charge in [0.05, 0.1) is 5.69 Å². The quantitative estimate of drug-likeness (QED) is 0.670. The number of anilines is 1. The van der Waals surface area contributed by atoms with Gasteiger partial charge < -0.3 is 11.2 Å². The smallest absolute Gasteiger partial charge is 0.249 e. The molecule has 0 saturated heterocycles. The molecule has 1 heterocycles. The van der Waals surface area contributed by atoms with Gasteiger partial charge in [-0.2, -0.15) is 0 Å². The summed E-state index contributed by atoms with van der Waals surface area (Å²) in [6.45, 7) is 0.709. The van der Waals surface area contributed by atoms with Crippen molar-refractivity contribution in [3.8, 4) is 0 Å². The molecule has 0 aromatic heterocycles. The third-order valence-corrected chi connectivity index (χ3v) is 2.88. The molecule has 2 aromatic rings. The highest BCUT2D eigenvalue weighted by molar-refractivity contribution is 6.10. The highest BCUT2D eigenvalue weighted by Crippen LogP contribution is 2.32. The lowest BCUT2D eigenvalue weighted by Crippen LogP contribution is -2.12. The average molecular weight is 213 g/mol. The van der Waals surface area contributed by atoms with Gasteiger partial charge in [-0.05, 0) is 17.0 Å². The fourth-order valence-electron chi connectivity index (χ4n) is 2.15. The standard InChI is InChI=1S/C12H11N3O/c13-12(16)10-5-7-6-14-15-11(7)9-4-2-1-3-8(9)10/h1-5,14-15H,6H2,(H2,13,16). The molecule has 3 rings (SSSR count). The number of primary amides is 1. The fraction of sp³-hybridized carbons (Fsp3) is 0.0833. The molecule has 0 spiro atoms. The van der Waals surface area contributed by atoms with Crippen molar-refractivity contribution in [2.75, 3.05) is 5.43 Å². The van der Waals surface area contributed by atoms with Crippen molar-refractivity contribution in [3.63, 3.8) is 0 Å².